The normalized spacial score (nSPS) is 11.9. The zero-order valence-electron chi connectivity index (χ0n) is 8.74. The first-order valence-electron chi connectivity index (χ1n) is 4.53. The molecule has 0 rings (SSSR count). The van der Waals surface area contributed by atoms with Crippen LogP contribution in [0.5, 0.6) is 0 Å². The maximum absolute atomic E-state index is 11.1. The van der Waals surface area contributed by atoms with Crippen molar-refractivity contribution in [2.75, 3.05) is 0 Å². The molecule has 0 aliphatic heterocycles. The number of carbonyl (C=O) groups is 3. The van der Waals surface area contributed by atoms with E-state index in [1.165, 1.54) is 6.92 Å². The molecular weight excluding hydrogens is 200 g/mol. The predicted octanol–water partition coefficient (Wildman–Crippen LogP) is 1.23. The van der Waals surface area contributed by atoms with E-state index in [0.29, 0.717) is 12.0 Å². The number of hydrogen-bond donors (Lipinski definition) is 2. The van der Waals surface area contributed by atoms with Crippen LogP contribution in [0.2, 0.25) is 0 Å². The molecule has 0 heterocycles. The molecule has 0 aliphatic rings. The van der Waals surface area contributed by atoms with Crippen LogP contribution >= 0.6 is 0 Å². The van der Waals surface area contributed by atoms with Crippen LogP contribution < -0.4 is 0 Å². The quantitative estimate of drug-likeness (QED) is 0.649. The fraction of sp³-hybridized carbons (Fsp3) is 0.500. The average Bonchev–Trinajstić information content (AvgIpc) is 2.12. The zero-order valence-corrected chi connectivity index (χ0v) is 8.74. The predicted molar refractivity (Wildman–Crippen MR) is 52.5 cm³/mol. The Morgan fingerprint density at radius 3 is 1.93 bits per heavy atom. The lowest BCUT2D eigenvalue weighted by Gasteiger charge is -2.04. The van der Waals surface area contributed by atoms with E-state index >= 15 is 0 Å². The molecule has 0 atom stereocenters. The maximum Gasteiger partial charge on any atom is 0.332 e. The second kappa shape index (κ2) is 5.95. The Morgan fingerprint density at radius 2 is 1.60 bits per heavy atom. The van der Waals surface area contributed by atoms with Gasteiger partial charge in [0.1, 0.15) is 5.78 Å². The Labute approximate surface area is 87.4 Å². The number of rotatable bonds is 6. The number of hydrogen-bond acceptors (Lipinski definition) is 3. The molecule has 0 unspecified atom stereocenters. The van der Waals surface area contributed by atoms with Crippen molar-refractivity contribution in [3.05, 3.63) is 11.1 Å². The summed E-state index contributed by atoms with van der Waals surface area (Å²) in [4.78, 5) is 32.2. The number of carboxylic acids is 2. The Hall–Kier alpha value is -1.65. The summed E-state index contributed by atoms with van der Waals surface area (Å²) < 4.78 is 0. The number of ketones is 1. The van der Waals surface area contributed by atoms with E-state index in [1.807, 2.05) is 0 Å². The van der Waals surface area contributed by atoms with Crippen LogP contribution in [0.15, 0.2) is 11.1 Å². The van der Waals surface area contributed by atoms with Crippen LogP contribution in [0.25, 0.3) is 0 Å². The van der Waals surface area contributed by atoms with Gasteiger partial charge in [0.15, 0.2) is 0 Å². The van der Waals surface area contributed by atoms with Crippen molar-refractivity contribution in [3.8, 4) is 0 Å². The van der Waals surface area contributed by atoms with Crippen molar-refractivity contribution in [3.63, 3.8) is 0 Å². The van der Waals surface area contributed by atoms with E-state index < -0.39 is 18.4 Å². The van der Waals surface area contributed by atoms with Gasteiger partial charge in [0.25, 0.3) is 0 Å². The van der Waals surface area contributed by atoms with Gasteiger partial charge >= 0.3 is 11.9 Å². The molecule has 15 heavy (non-hydrogen) atoms. The van der Waals surface area contributed by atoms with Gasteiger partial charge in [-0.2, -0.15) is 0 Å². The van der Waals surface area contributed by atoms with E-state index in [2.05, 4.69) is 0 Å². The van der Waals surface area contributed by atoms with Gasteiger partial charge in [-0.25, -0.2) is 4.79 Å². The summed E-state index contributed by atoms with van der Waals surface area (Å²) >= 11 is 0. The third kappa shape index (κ3) is 4.95. The molecule has 84 valence electrons. The molecule has 0 radical (unpaired) electrons. The molecule has 5 nitrogen and oxygen atoms in total. The first-order valence-corrected chi connectivity index (χ1v) is 4.53. The maximum atomic E-state index is 11.1. The molecule has 0 amide bonds. The van der Waals surface area contributed by atoms with Crippen molar-refractivity contribution >= 4 is 17.7 Å². The highest BCUT2D eigenvalue weighted by Crippen LogP contribution is 2.13. The van der Waals surface area contributed by atoms with E-state index in [4.69, 9.17) is 10.2 Å². The van der Waals surface area contributed by atoms with Gasteiger partial charge < -0.3 is 10.2 Å². The first kappa shape index (κ1) is 13.4. The molecular formula is C10H14O5. The van der Waals surface area contributed by atoms with E-state index in [9.17, 15) is 14.4 Å². The number of aliphatic carboxylic acids is 2. The number of Topliss-reactive ketones (excluding diaryl/α,β-unsaturated/α-hetero) is 1. The SMILES string of the molecule is CCC(=O)CC(C)=C(CC(=O)O)C(=O)O. The van der Waals surface area contributed by atoms with Crippen molar-refractivity contribution in [1.29, 1.82) is 0 Å². The fourth-order valence-electron chi connectivity index (χ4n) is 1.09. The largest absolute Gasteiger partial charge is 0.481 e. The summed E-state index contributed by atoms with van der Waals surface area (Å²) in [6, 6.07) is 0. The Balaban J connectivity index is 4.83. The minimum Gasteiger partial charge on any atom is -0.481 e. The molecule has 0 saturated heterocycles. The average molecular weight is 214 g/mol. The highest BCUT2D eigenvalue weighted by Gasteiger charge is 2.16. The molecule has 0 aromatic carbocycles. The summed E-state index contributed by atoms with van der Waals surface area (Å²) in [6.07, 6.45) is -0.235. The van der Waals surface area contributed by atoms with Crippen molar-refractivity contribution in [2.45, 2.75) is 33.1 Å². The monoisotopic (exact) mass is 214 g/mol. The molecule has 5 heteroatoms. The molecule has 2 N–H and O–H groups in total. The smallest absolute Gasteiger partial charge is 0.332 e. The second-order valence-corrected chi connectivity index (χ2v) is 3.20. The van der Waals surface area contributed by atoms with Crippen LogP contribution in [0.3, 0.4) is 0 Å². The lowest BCUT2D eigenvalue weighted by atomic mass is 10.0. The Kier molecular flexibility index (Phi) is 5.30. The van der Waals surface area contributed by atoms with Gasteiger partial charge in [0.05, 0.1) is 6.42 Å². The van der Waals surface area contributed by atoms with Gasteiger partial charge in [-0.05, 0) is 6.92 Å². The highest BCUT2D eigenvalue weighted by atomic mass is 16.4. The van der Waals surface area contributed by atoms with Crippen LogP contribution in [0.1, 0.15) is 33.1 Å². The highest BCUT2D eigenvalue weighted by molar-refractivity contribution is 5.94. The minimum absolute atomic E-state index is 0.00537. The number of allylic oxidation sites excluding steroid dienone is 1. The lowest BCUT2D eigenvalue weighted by Crippen LogP contribution is -2.10. The third-order valence-electron chi connectivity index (χ3n) is 1.96. The van der Waals surface area contributed by atoms with Gasteiger partial charge in [0, 0.05) is 18.4 Å². The number of carboxylic acid groups (broad SMARTS) is 2. The summed E-state index contributed by atoms with van der Waals surface area (Å²) in [5.41, 5.74) is 0.112. The first-order chi connectivity index (χ1) is 6.88. The summed E-state index contributed by atoms with van der Waals surface area (Å²) in [6.45, 7) is 3.15. The minimum atomic E-state index is -1.28. The molecule has 0 spiro atoms. The molecule has 0 saturated carbocycles. The molecule has 0 aliphatic carbocycles. The topological polar surface area (TPSA) is 91.7 Å². The summed E-state index contributed by atoms with van der Waals surface area (Å²) in [5.74, 6) is -2.59. The Morgan fingerprint density at radius 1 is 1.07 bits per heavy atom. The van der Waals surface area contributed by atoms with Crippen molar-refractivity contribution < 1.29 is 24.6 Å². The van der Waals surface area contributed by atoms with Gasteiger partial charge in [0.2, 0.25) is 0 Å². The van der Waals surface area contributed by atoms with Crippen LogP contribution in [0, 0.1) is 0 Å². The van der Waals surface area contributed by atoms with Crippen molar-refractivity contribution in [1.82, 2.24) is 0 Å². The van der Waals surface area contributed by atoms with Gasteiger partial charge in [-0.15, -0.1) is 0 Å². The van der Waals surface area contributed by atoms with Crippen LogP contribution in [-0.2, 0) is 14.4 Å². The van der Waals surface area contributed by atoms with Crippen LogP contribution in [-0.4, -0.2) is 27.9 Å². The third-order valence-corrected chi connectivity index (χ3v) is 1.96. The summed E-state index contributed by atoms with van der Waals surface area (Å²) in [7, 11) is 0. The standard InChI is InChI=1S/C10H14O5/c1-3-7(11)4-6(2)8(10(14)15)5-9(12)13/h3-5H2,1-2H3,(H,12,13)(H,14,15). The van der Waals surface area contributed by atoms with E-state index in [0.717, 1.165) is 0 Å². The van der Waals surface area contributed by atoms with E-state index in [1.54, 1.807) is 6.92 Å². The lowest BCUT2D eigenvalue weighted by molar-refractivity contribution is -0.139. The molecule has 0 aromatic rings. The fourth-order valence-corrected chi connectivity index (χ4v) is 1.09. The number of carbonyl (C=O) groups excluding carboxylic acids is 1. The molecule has 0 bridgehead atoms. The van der Waals surface area contributed by atoms with E-state index in [-0.39, 0.29) is 17.8 Å². The van der Waals surface area contributed by atoms with Crippen molar-refractivity contribution in [2.24, 2.45) is 0 Å². The Bertz CT molecular complexity index is 314. The van der Waals surface area contributed by atoms with Gasteiger partial charge in [-0.3, -0.25) is 9.59 Å². The van der Waals surface area contributed by atoms with Gasteiger partial charge in [-0.1, -0.05) is 12.5 Å². The summed E-state index contributed by atoms with van der Waals surface area (Å²) in [5, 5.41) is 17.2. The molecule has 0 aromatic heterocycles. The zero-order chi connectivity index (χ0) is 12.0. The second-order valence-electron chi connectivity index (χ2n) is 3.20. The molecule has 0 fully saturated rings. The van der Waals surface area contributed by atoms with Crippen LogP contribution in [0.4, 0.5) is 0 Å².